The average molecular weight is 226 g/mol. The van der Waals surface area contributed by atoms with Gasteiger partial charge in [-0.15, -0.1) is 0 Å². The first kappa shape index (κ1) is 11.5. The Bertz CT molecular complexity index is 513. The average Bonchev–Trinajstić information content (AvgIpc) is 2.29. The number of rotatable bonds is 2. The summed E-state index contributed by atoms with van der Waals surface area (Å²) in [6.45, 7) is 4.38. The highest BCUT2D eigenvalue weighted by Crippen LogP contribution is 2.32. The molecule has 2 aromatic carbocycles. The summed E-state index contributed by atoms with van der Waals surface area (Å²) in [5, 5.41) is 0. The maximum absolute atomic E-state index is 5.84. The molecule has 0 radical (unpaired) electrons. The van der Waals surface area contributed by atoms with E-state index < -0.39 is 0 Å². The van der Waals surface area contributed by atoms with Crippen molar-refractivity contribution in [2.45, 2.75) is 19.3 Å². The first-order valence-electron chi connectivity index (χ1n) is 5.72. The number of anilines is 2. The molecule has 88 valence electrons. The Kier molecular flexibility index (Phi) is 2.80. The minimum absolute atomic E-state index is 0.0664. The number of nitrogens with two attached hydrogens (primary N) is 2. The van der Waals surface area contributed by atoms with E-state index in [0.29, 0.717) is 0 Å². The lowest BCUT2D eigenvalue weighted by Crippen LogP contribution is -2.19. The van der Waals surface area contributed by atoms with E-state index in [0.717, 1.165) is 11.4 Å². The van der Waals surface area contributed by atoms with Gasteiger partial charge in [0.15, 0.2) is 0 Å². The maximum Gasteiger partial charge on any atom is 0.0317 e. The number of nitrogen functional groups attached to an aromatic ring is 2. The van der Waals surface area contributed by atoms with Crippen LogP contribution in [-0.4, -0.2) is 0 Å². The molecule has 2 aromatic rings. The zero-order valence-corrected chi connectivity index (χ0v) is 10.3. The Morgan fingerprint density at radius 3 is 2.00 bits per heavy atom. The van der Waals surface area contributed by atoms with E-state index in [1.807, 2.05) is 30.3 Å². The van der Waals surface area contributed by atoms with Crippen molar-refractivity contribution in [3.63, 3.8) is 0 Å². The second-order valence-corrected chi connectivity index (χ2v) is 4.87. The predicted molar refractivity (Wildman–Crippen MR) is 73.8 cm³/mol. The Labute approximate surface area is 102 Å². The molecule has 2 heteroatoms. The Morgan fingerprint density at radius 1 is 0.765 bits per heavy atom. The third-order valence-corrected chi connectivity index (χ3v) is 3.24. The minimum Gasteiger partial charge on any atom is -0.399 e. The molecule has 0 aromatic heterocycles. The summed E-state index contributed by atoms with van der Waals surface area (Å²) in [6.07, 6.45) is 0. The summed E-state index contributed by atoms with van der Waals surface area (Å²) in [4.78, 5) is 0. The van der Waals surface area contributed by atoms with E-state index in [1.54, 1.807) is 0 Å². The van der Waals surface area contributed by atoms with Crippen LogP contribution < -0.4 is 11.5 Å². The van der Waals surface area contributed by atoms with E-state index in [-0.39, 0.29) is 5.41 Å². The van der Waals surface area contributed by atoms with Gasteiger partial charge < -0.3 is 11.5 Å². The van der Waals surface area contributed by atoms with Gasteiger partial charge in [-0.1, -0.05) is 38.1 Å². The zero-order chi connectivity index (χ0) is 12.5. The predicted octanol–water partition coefficient (Wildman–Crippen LogP) is 3.18. The van der Waals surface area contributed by atoms with Crippen LogP contribution in [0.2, 0.25) is 0 Å². The molecule has 0 amide bonds. The molecule has 0 atom stereocenters. The summed E-state index contributed by atoms with van der Waals surface area (Å²) in [5.74, 6) is 0. The van der Waals surface area contributed by atoms with Crippen molar-refractivity contribution in [3.8, 4) is 0 Å². The van der Waals surface area contributed by atoms with E-state index in [9.17, 15) is 0 Å². The number of hydrogen-bond donors (Lipinski definition) is 2. The molecule has 2 nitrogen and oxygen atoms in total. The second-order valence-electron chi connectivity index (χ2n) is 4.87. The molecule has 0 spiro atoms. The quantitative estimate of drug-likeness (QED) is 0.773. The monoisotopic (exact) mass is 226 g/mol. The van der Waals surface area contributed by atoms with Crippen LogP contribution in [0.1, 0.15) is 25.0 Å². The molecule has 0 aliphatic rings. The van der Waals surface area contributed by atoms with E-state index in [4.69, 9.17) is 11.5 Å². The fourth-order valence-corrected chi connectivity index (χ4v) is 1.99. The van der Waals surface area contributed by atoms with Crippen LogP contribution in [0.3, 0.4) is 0 Å². The molecule has 17 heavy (non-hydrogen) atoms. The van der Waals surface area contributed by atoms with Crippen molar-refractivity contribution in [2.24, 2.45) is 0 Å². The molecule has 4 N–H and O–H groups in total. The molecule has 2 rings (SSSR count). The van der Waals surface area contributed by atoms with Crippen LogP contribution in [0.25, 0.3) is 0 Å². The van der Waals surface area contributed by atoms with Gasteiger partial charge in [0, 0.05) is 16.8 Å². The topological polar surface area (TPSA) is 52.0 Å². The molecular weight excluding hydrogens is 208 g/mol. The van der Waals surface area contributed by atoms with Gasteiger partial charge >= 0.3 is 0 Å². The smallest absolute Gasteiger partial charge is 0.0317 e. The third kappa shape index (κ3) is 2.26. The van der Waals surface area contributed by atoms with Gasteiger partial charge in [-0.25, -0.2) is 0 Å². The van der Waals surface area contributed by atoms with Crippen molar-refractivity contribution in [1.82, 2.24) is 0 Å². The lowest BCUT2D eigenvalue weighted by Gasteiger charge is -2.26. The first-order valence-corrected chi connectivity index (χ1v) is 5.72. The highest BCUT2D eigenvalue weighted by molar-refractivity contribution is 5.49. The molecule has 0 aliphatic heterocycles. The highest BCUT2D eigenvalue weighted by Gasteiger charge is 2.22. The fraction of sp³-hybridized carbons (Fsp3) is 0.200. The van der Waals surface area contributed by atoms with Crippen LogP contribution in [0.4, 0.5) is 11.4 Å². The summed E-state index contributed by atoms with van der Waals surface area (Å²) in [7, 11) is 0. The molecule has 0 saturated heterocycles. The van der Waals surface area contributed by atoms with Crippen molar-refractivity contribution in [1.29, 1.82) is 0 Å². The maximum atomic E-state index is 5.84. The van der Waals surface area contributed by atoms with Crippen molar-refractivity contribution < 1.29 is 0 Å². The van der Waals surface area contributed by atoms with Crippen LogP contribution in [-0.2, 0) is 5.41 Å². The largest absolute Gasteiger partial charge is 0.399 e. The van der Waals surface area contributed by atoms with E-state index in [1.165, 1.54) is 11.1 Å². The van der Waals surface area contributed by atoms with Crippen molar-refractivity contribution in [2.75, 3.05) is 11.5 Å². The van der Waals surface area contributed by atoms with Gasteiger partial charge in [-0.3, -0.25) is 0 Å². The van der Waals surface area contributed by atoms with Crippen LogP contribution in [0, 0.1) is 0 Å². The van der Waals surface area contributed by atoms with Crippen LogP contribution >= 0.6 is 0 Å². The van der Waals surface area contributed by atoms with Gasteiger partial charge in [0.05, 0.1) is 0 Å². The first-order chi connectivity index (χ1) is 8.00. The molecule has 0 bridgehead atoms. The zero-order valence-electron chi connectivity index (χ0n) is 10.3. The standard InChI is InChI=1S/C15H18N2/c1-15(2,11-6-8-13(16)9-7-11)12-4-3-5-14(17)10-12/h3-10H,16-17H2,1-2H3. The van der Waals surface area contributed by atoms with Gasteiger partial charge in [0.25, 0.3) is 0 Å². The van der Waals surface area contributed by atoms with Crippen LogP contribution in [0.15, 0.2) is 48.5 Å². The molecular formula is C15H18N2. The fourth-order valence-electron chi connectivity index (χ4n) is 1.99. The Balaban J connectivity index is 2.45. The minimum atomic E-state index is -0.0664. The lowest BCUT2D eigenvalue weighted by atomic mass is 9.78. The molecule has 0 saturated carbocycles. The van der Waals surface area contributed by atoms with Crippen molar-refractivity contribution >= 4 is 11.4 Å². The third-order valence-electron chi connectivity index (χ3n) is 3.24. The van der Waals surface area contributed by atoms with Gasteiger partial charge in [0.1, 0.15) is 0 Å². The molecule has 0 unspecified atom stereocenters. The normalized spacial score (nSPS) is 11.4. The Morgan fingerprint density at radius 2 is 1.41 bits per heavy atom. The van der Waals surface area contributed by atoms with Gasteiger partial charge in [0.2, 0.25) is 0 Å². The molecule has 0 fully saturated rings. The summed E-state index contributed by atoms with van der Waals surface area (Å²) in [5.41, 5.74) is 15.5. The van der Waals surface area contributed by atoms with Crippen molar-refractivity contribution in [3.05, 3.63) is 59.7 Å². The van der Waals surface area contributed by atoms with E-state index >= 15 is 0 Å². The summed E-state index contributed by atoms with van der Waals surface area (Å²) < 4.78 is 0. The van der Waals surface area contributed by atoms with Crippen LogP contribution in [0.5, 0.6) is 0 Å². The molecule has 0 aliphatic carbocycles. The highest BCUT2D eigenvalue weighted by atomic mass is 14.5. The molecule has 0 heterocycles. The SMILES string of the molecule is CC(C)(c1ccc(N)cc1)c1cccc(N)c1. The van der Waals surface area contributed by atoms with E-state index in [2.05, 4.69) is 32.0 Å². The second kappa shape index (κ2) is 4.13. The summed E-state index contributed by atoms with van der Waals surface area (Å²) in [6, 6.07) is 16.0. The van der Waals surface area contributed by atoms with Gasteiger partial charge in [-0.2, -0.15) is 0 Å². The number of hydrogen-bond acceptors (Lipinski definition) is 2. The van der Waals surface area contributed by atoms with Gasteiger partial charge in [-0.05, 0) is 35.4 Å². The number of benzene rings is 2. The lowest BCUT2D eigenvalue weighted by molar-refractivity contribution is 0.641. The Hall–Kier alpha value is -1.96. The summed E-state index contributed by atoms with van der Waals surface area (Å²) >= 11 is 0.